The molecule has 3 aromatic rings. The van der Waals surface area contributed by atoms with Gasteiger partial charge in [-0.3, -0.25) is 9.78 Å². The van der Waals surface area contributed by atoms with Crippen molar-refractivity contribution in [3.63, 3.8) is 0 Å². The number of benzene rings is 1. The first-order valence-electron chi connectivity index (χ1n) is 9.19. The smallest absolute Gasteiger partial charge is 0.383 e. The van der Waals surface area contributed by atoms with Gasteiger partial charge in [0.1, 0.15) is 11.6 Å². The Morgan fingerprint density at radius 2 is 1.66 bits per heavy atom. The number of aryl methyl sites for hydroxylation is 1. The van der Waals surface area contributed by atoms with Crippen molar-refractivity contribution in [2.24, 2.45) is 0 Å². The summed E-state index contributed by atoms with van der Waals surface area (Å²) in [5.41, 5.74) is 3.16. The predicted molar refractivity (Wildman–Crippen MR) is 103 cm³/mol. The van der Waals surface area contributed by atoms with Crippen LogP contribution in [0, 0.1) is 6.92 Å². The summed E-state index contributed by atoms with van der Waals surface area (Å²) in [6, 6.07) is 5.44. The predicted octanol–water partition coefficient (Wildman–Crippen LogP) is 5.20. The van der Waals surface area contributed by atoms with E-state index in [1.807, 2.05) is 0 Å². The molecule has 2 heterocycles. The lowest BCUT2D eigenvalue weighted by atomic mass is 9.86. The van der Waals surface area contributed by atoms with Gasteiger partial charge < -0.3 is 5.73 Å². The maximum absolute atomic E-state index is 13.6. The molecule has 168 valence electrons. The van der Waals surface area contributed by atoms with Crippen molar-refractivity contribution >= 4 is 11.6 Å². The number of pyridine rings is 1. The summed E-state index contributed by atoms with van der Waals surface area (Å²) in [6.07, 6.45) is -7.67. The monoisotopic (exact) mass is 454 g/mol. The molecule has 0 aliphatic carbocycles. The average Bonchev–Trinajstić information content (AvgIpc) is 2.70. The lowest BCUT2D eigenvalue weighted by Gasteiger charge is -2.21. The average molecular weight is 454 g/mol. The number of Topliss-reactive ketones (excluding diaryl/α,β-unsaturated/α-hetero) is 1. The second kappa shape index (κ2) is 8.56. The Morgan fingerprint density at radius 3 is 2.22 bits per heavy atom. The highest BCUT2D eigenvalue weighted by Gasteiger charge is 2.37. The van der Waals surface area contributed by atoms with Crippen LogP contribution < -0.4 is 5.73 Å². The highest BCUT2D eigenvalue weighted by molar-refractivity contribution is 6.00. The molecule has 0 aliphatic heterocycles. The normalized spacial score (nSPS) is 13.1. The van der Waals surface area contributed by atoms with E-state index in [-0.39, 0.29) is 16.9 Å². The Bertz CT molecular complexity index is 1130. The number of alkyl halides is 6. The minimum atomic E-state index is -4.79. The van der Waals surface area contributed by atoms with Gasteiger partial charge in [0.2, 0.25) is 0 Å². The van der Waals surface area contributed by atoms with E-state index in [2.05, 4.69) is 15.0 Å². The van der Waals surface area contributed by atoms with Crippen molar-refractivity contribution in [3.8, 4) is 0 Å². The quantitative estimate of drug-likeness (QED) is 0.423. The zero-order valence-electron chi connectivity index (χ0n) is 16.5. The number of carbonyl (C=O) groups is 1. The Morgan fingerprint density at radius 1 is 1.00 bits per heavy atom. The first-order chi connectivity index (χ1) is 14.9. The number of rotatable bonds is 5. The van der Waals surface area contributed by atoms with E-state index in [0.29, 0.717) is 5.82 Å². The zero-order valence-corrected chi connectivity index (χ0v) is 16.5. The molecule has 0 unspecified atom stereocenters. The second-order valence-electron chi connectivity index (χ2n) is 6.95. The minimum absolute atomic E-state index is 0.0575. The van der Waals surface area contributed by atoms with Gasteiger partial charge in [0.05, 0.1) is 22.4 Å². The van der Waals surface area contributed by atoms with Gasteiger partial charge in [0.15, 0.2) is 5.78 Å². The number of hydrogen-bond donors (Lipinski definition) is 1. The molecule has 0 amide bonds. The number of anilines is 1. The number of ketones is 1. The van der Waals surface area contributed by atoms with Crippen LogP contribution in [0.3, 0.4) is 0 Å². The van der Waals surface area contributed by atoms with Crippen LogP contribution in [-0.4, -0.2) is 20.7 Å². The van der Waals surface area contributed by atoms with E-state index in [1.54, 1.807) is 6.92 Å². The fourth-order valence-corrected chi connectivity index (χ4v) is 3.21. The summed E-state index contributed by atoms with van der Waals surface area (Å²) in [7, 11) is 0. The van der Waals surface area contributed by atoms with Crippen molar-refractivity contribution in [3.05, 3.63) is 82.6 Å². The Balaban J connectivity index is 2.09. The van der Waals surface area contributed by atoms with E-state index in [1.165, 1.54) is 0 Å². The number of aromatic nitrogens is 3. The van der Waals surface area contributed by atoms with Gasteiger partial charge in [-0.25, -0.2) is 9.97 Å². The number of nitrogens with zero attached hydrogens (tertiary/aromatic N) is 3. The Hall–Kier alpha value is -3.50. The molecule has 11 heteroatoms. The van der Waals surface area contributed by atoms with Gasteiger partial charge in [-0.05, 0) is 36.8 Å². The van der Waals surface area contributed by atoms with Crippen molar-refractivity contribution in [1.29, 1.82) is 0 Å². The van der Waals surface area contributed by atoms with E-state index in [4.69, 9.17) is 5.73 Å². The van der Waals surface area contributed by atoms with Gasteiger partial charge >= 0.3 is 12.4 Å². The van der Waals surface area contributed by atoms with Crippen molar-refractivity contribution in [2.45, 2.75) is 31.6 Å². The molecular weight excluding hydrogens is 438 g/mol. The number of halogens is 6. The minimum Gasteiger partial charge on any atom is -0.383 e. The van der Waals surface area contributed by atoms with E-state index in [0.717, 1.165) is 48.8 Å². The number of nitrogens with two attached hydrogens (primary N) is 1. The van der Waals surface area contributed by atoms with Gasteiger partial charge in [-0.15, -0.1) is 0 Å². The van der Waals surface area contributed by atoms with Crippen LogP contribution in [0.4, 0.5) is 32.2 Å². The molecule has 2 aromatic heterocycles. The van der Waals surface area contributed by atoms with Crippen LogP contribution in [-0.2, 0) is 12.4 Å². The van der Waals surface area contributed by atoms with Gasteiger partial charge in [-0.2, -0.15) is 26.3 Å². The van der Waals surface area contributed by atoms with Crippen LogP contribution in [0.25, 0.3) is 0 Å². The molecule has 0 fully saturated rings. The summed E-state index contributed by atoms with van der Waals surface area (Å²) >= 11 is 0. The van der Waals surface area contributed by atoms with Crippen molar-refractivity contribution in [1.82, 2.24) is 15.0 Å². The number of hydrogen-bond acceptors (Lipinski definition) is 5. The van der Waals surface area contributed by atoms with Crippen LogP contribution in [0.15, 0.2) is 48.8 Å². The van der Waals surface area contributed by atoms with Crippen LogP contribution in [0.5, 0.6) is 0 Å². The molecule has 1 aromatic carbocycles. The first kappa shape index (κ1) is 23.2. The summed E-state index contributed by atoms with van der Waals surface area (Å²) in [4.78, 5) is 24.4. The van der Waals surface area contributed by atoms with Crippen molar-refractivity contribution < 1.29 is 31.1 Å². The molecule has 1 atom stereocenters. The maximum Gasteiger partial charge on any atom is 0.418 e. The topological polar surface area (TPSA) is 81.8 Å². The number of carbonyl (C=O) groups excluding carboxylic acids is 1. The molecule has 0 bridgehead atoms. The van der Waals surface area contributed by atoms with Crippen LogP contribution >= 0.6 is 0 Å². The van der Waals surface area contributed by atoms with Crippen molar-refractivity contribution in [2.75, 3.05) is 5.73 Å². The van der Waals surface area contributed by atoms with Gasteiger partial charge in [-0.1, -0.05) is 12.1 Å². The third-order valence-corrected chi connectivity index (χ3v) is 4.74. The van der Waals surface area contributed by atoms with Crippen LogP contribution in [0.1, 0.15) is 50.9 Å². The molecule has 0 saturated heterocycles. The first-order valence-corrected chi connectivity index (χ1v) is 9.19. The molecule has 32 heavy (non-hydrogen) atoms. The lowest BCUT2D eigenvalue weighted by Crippen LogP contribution is -2.18. The largest absolute Gasteiger partial charge is 0.418 e. The Labute approximate surface area is 178 Å². The molecule has 0 spiro atoms. The Kier molecular flexibility index (Phi) is 6.20. The number of nitrogen functional groups attached to an aromatic ring is 1. The zero-order chi connectivity index (χ0) is 23.7. The summed E-state index contributed by atoms with van der Waals surface area (Å²) < 4.78 is 79.6. The molecule has 5 nitrogen and oxygen atoms in total. The lowest BCUT2D eigenvalue weighted by molar-refractivity contribution is -0.139. The van der Waals surface area contributed by atoms with E-state index >= 15 is 0 Å². The summed E-state index contributed by atoms with van der Waals surface area (Å²) in [5, 5.41) is 0. The SMILES string of the molecule is Cc1ncc(C(=O)C[C@@H](c2ccc(C(F)(F)F)cc2)c2ncccc2C(F)(F)F)c(N)n1. The fraction of sp³-hybridized carbons (Fsp3) is 0.238. The van der Waals surface area contributed by atoms with E-state index in [9.17, 15) is 31.1 Å². The molecule has 2 N–H and O–H groups in total. The summed E-state index contributed by atoms with van der Waals surface area (Å²) in [5.74, 6) is -1.82. The third kappa shape index (κ3) is 5.04. The van der Waals surface area contributed by atoms with E-state index < -0.39 is 47.3 Å². The molecule has 0 saturated carbocycles. The molecule has 0 aliphatic rings. The molecular formula is C21H16F6N4O. The standard InChI is InChI=1S/C21H16F6N4O/c1-11-30-10-15(19(28)31-11)17(32)9-14(12-4-6-13(7-5-12)20(22,23)24)18-16(21(25,26)27)3-2-8-29-18/h2-8,10,14H,9H2,1H3,(H2,28,30,31)/t14-/m0/s1. The highest BCUT2D eigenvalue weighted by Crippen LogP contribution is 2.39. The van der Waals surface area contributed by atoms with Gasteiger partial charge in [0, 0.05) is 24.7 Å². The fourth-order valence-electron chi connectivity index (χ4n) is 3.21. The summed E-state index contributed by atoms with van der Waals surface area (Å²) in [6.45, 7) is 1.54. The van der Waals surface area contributed by atoms with Gasteiger partial charge in [0.25, 0.3) is 0 Å². The second-order valence-corrected chi connectivity index (χ2v) is 6.95. The molecule has 0 radical (unpaired) electrons. The maximum atomic E-state index is 13.6. The highest BCUT2D eigenvalue weighted by atomic mass is 19.4. The molecule has 3 rings (SSSR count). The third-order valence-electron chi connectivity index (χ3n) is 4.74. The van der Waals surface area contributed by atoms with Crippen LogP contribution in [0.2, 0.25) is 0 Å².